The zero-order valence-electron chi connectivity index (χ0n) is 3.40. The van der Waals surface area contributed by atoms with Crippen LogP contribution in [0.5, 0.6) is 0 Å². The molecule has 0 saturated heterocycles. The summed E-state index contributed by atoms with van der Waals surface area (Å²) in [4.78, 5) is 8.24. The van der Waals surface area contributed by atoms with Crippen LogP contribution in [-0.2, 0) is 9.88 Å². The molecule has 1 rings (SSSR count). The van der Waals surface area contributed by atoms with E-state index in [-0.39, 0.29) is 12.4 Å². The summed E-state index contributed by atoms with van der Waals surface area (Å²) in [6.45, 7) is 0. The van der Waals surface area contributed by atoms with E-state index in [0.29, 0.717) is 0 Å². The van der Waals surface area contributed by atoms with Crippen LogP contribution in [0.1, 0.15) is 0 Å². The van der Waals surface area contributed by atoms with Crippen molar-refractivity contribution >= 4 is 18.6 Å². The van der Waals surface area contributed by atoms with Gasteiger partial charge in [-0.15, -0.1) is 12.4 Å². The summed E-state index contributed by atoms with van der Waals surface area (Å²) < 4.78 is 0. The minimum atomic E-state index is 0. The molecule has 0 aromatic rings. The molecule has 40 valence electrons. The van der Waals surface area contributed by atoms with E-state index in [1.165, 1.54) is 12.5 Å². The number of halogens is 1. The molecule has 0 N–H and O–H groups in total. The van der Waals surface area contributed by atoms with Crippen LogP contribution < -0.4 is 0 Å². The molecule has 4 heteroatoms. The lowest BCUT2D eigenvalue weighted by Gasteiger charge is -1.92. The van der Waals surface area contributed by atoms with Crippen molar-refractivity contribution in [1.82, 2.24) is 0 Å². The maximum Gasteiger partial charge on any atom is 0.147 e. The predicted molar refractivity (Wildman–Crippen MR) is 27.0 cm³/mol. The Hall–Kier alpha value is -0.700. The molecular weight excluding hydrogens is 117 g/mol. The summed E-state index contributed by atoms with van der Waals surface area (Å²) in [6.07, 6.45) is 4.51. The zero-order chi connectivity index (χ0) is 4.24. The molecule has 0 amide bonds. The summed E-state index contributed by atoms with van der Waals surface area (Å²) in [5.74, 6) is 0. The Balaban J connectivity index is 0.000000360. The van der Waals surface area contributed by atoms with Crippen molar-refractivity contribution in [3.63, 3.8) is 0 Å². The third-order valence-electron chi connectivity index (χ3n) is 0.367. The Labute approximate surface area is 46.9 Å². The fourth-order valence-electron chi connectivity index (χ4n) is 0.177. The summed E-state index contributed by atoms with van der Waals surface area (Å²) in [7, 11) is 0. The van der Waals surface area contributed by atoms with Gasteiger partial charge >= 0.3 is 0 Å². The molecule has 0 saturated carbocycles. The number of nitrogens with zero attached hydrogens (tertiary/aromatic N) is 1. The molecule has 0 unspecified atom stereocenters. The number of oxime groups is 1. The van der Waals surface area contributed by atoms with Crippen molar-refractivity contribution in [3.05, 3.63) is 12.3 Å². The van der Waals surface area contributed by atoms with Crippen molar-refractivity contribution in [2.75, 3.05) is 0 Å². The van der Waals surface area contributed by atoms with Crippen molar-refractivity contribution in [2.24, 2.45) is 5.16 Å². The highest BCUT2D eigenvalue weighted by Crippen LogP contribution is 1.84. The van der Waals surface area contributed by atoms with Gasteiger partial charge in [0.1, 0.15) is 6.26 Å². The van der Waals surface area contributed by atoms with Crippen molar-refractivity contribution < 1.29 is 9.88 Å². The average molecular weight is 122 g/mol. The highest BCUT2D eigenvalue weighted by atomic mass is 35.5. The molecule has 0 atom stereocenters. The first-order valence-electron chi connectivity index (χ1n) is 1.51. The summed E-state index contributed by atoms with van der Waals surface area (Å²) in [5, 5.41) is 3.24. The molecular formula is C3H4ClNO2. The highest BCUT2D eigenvalue weighted by Gasteiger charge is 1.77. The molecule has 1 heterocycles. The Morgan fingerprint density at radius 3 is 2.43 bits per heavy atom. The summed E-state index contributed by atoms with van der Waals surface area (Å²) in [6, 6.07) is 0. The van der Waals surface area contributed by atoms with E-state index in [4.69, 9.17) is 0 Å². The van der Waals surface area contributed by atoms with Gasteiger partial charge in [0.15, 0.2) is 0 Å². The lowest BCUT2D eigenvalue weighted by molar-refractivity contribution is -0.251. The smallest absolute Gasteiger partial charge is 0.147 e. The largest absolute Gasteiger partial charge is 0.275 e. The second-order valence-electron chi connectivity index (χ2n) is 0.754. The van der Waals surface area contributed by atoms with E-state index in [1.54, 1.807) is 6.08 Å². The topological polar surface area (TPSA) is 30.8 Å². The normalized spacial score (nSPS) is 13.7. The van der Waals surface area contributed by atoms with Crippen LogP contribution in [0.4, 0.5) is 0 Å². The molecule has 0 fully saturated rings. The van der Waals surface area contributed by atoms with Gasteiger partial charge in [-0.25, -0.2) is 0 Å². The van der Waals surface area contributed by atoms with Gasteiger partial charge in [0.2, 0.25) is 0 Å². The van der Waals surface area contributed by atoms with E-state index in [2.05, 4.69) is 15.0 Å². The summed E-state index contributed by atoms with van der Waals surface area (Å²) in [5.41, 5.74) is 0. The molecule has 0 aliphatic carbocycles. The van der Waals surface area contributed by atoms with E-state index in [1.807, 2.05) is 0 Å². The Morgan fingerprint density at radius 1 is 1.43 bits per heavy atom. The van der Waals surface area contributed by atoms with E-state index >= 15 is 0 Å². The fraction of sp³-hybridized carbons (Fsp3) is 0. The maximum absolute atomic E-state index is 4.19. The number of allylic oxidation sites excluding steroid dienone is 1. The SMILES string of the molecule is C1=COON=C1.Cl. The van der Waals surface area contributed by atoms with Gasteiger partial charge in [-0.3, -0.25) is 4.89 Å². The Morgan fingerprint density at radius 2 is 2.29 bits per heavy atom. The lowest BCUT2D eigenvalue weighted by atomic mass is 10.7. The molecule has 0 radical (unpaired) electrons. The molecule has 1 aliphatic heterocycles. The van der Waals surface area contributed by atoms with E-state index < -0.39 is 0 Å². The molecule has 0 spiro atoms. The maximum atomic E-state index is 4.19. The highest BCUT2D eigenvalue weighted by molar-refractivity contribution is 5.85. The lowest BCUT2D eigenvalue weighted by Crippen LogP contribution is -1.82. The minimum Gasteiger partial charge on any atom is -0.275 e. The standard InChI is InChI=1S/C3H3NO2.ClH/c1-2-4-6-5-3-1;/h1-3H;1H. The monoisotopic (exact) mass is 121 g/mol. The second-order valence-corrected chi connectivity index (χ2v) is 0.754. The van der Waals surface area contributed by atoms with Gasteiger partial charge in [-0.05, 0) is 11.2 Å². The van der Waals surface area contributed by atoms with Crippen LogP contribution in [0, 0.1) is 0 Å². The van der Waals surface area contributed by atoms with Crippen LogP contribution in [0.25, 0.3) is 0 Å². The molecule has 0 bridgehead atoms. The van der Waals surface area contributed by atoms with Gasteiger partial charge < -0.3 is 0 Å². The Bertz CT molecular complexity index is 78.9. The number of hydrogen-bond donors (Lipinski definition) is 0. The summed E-state index contributed by atoms with van der Waals surface area (Å²) >= 11 is 0. The van der Waals surface area contributed by atoms with Crippen LogP contribution in [0.3, 0.4) is 0 Å². The first-order chi connectivity index (χ1) is 3.00. The van der Waals surface area contributed by atoms with E-state index in [0.717, 1.165) is 0 Å². The minimum absolute atomic E-state index is 0. The van der Waals surface area contributed by atoms with Crippen LogP contribution in [0.2, 0.25) is 0 Å². The van der Waals surface area contributed by atoms with Gasteiger partial charge in [0.25, 0.3) is 0 Å². The molecule has 0 aromatic heterocycles. The van der Waals surface area contributed by atoms with Crippen molar-refractivity contribution in [2.45, 2.75) is 0 Å². The molecule has 7 heavy (non-hydrogen) atoms. The number of rotatable bonds is 0. The second kappa shape index (κ2) is 3.49. The third kappa shape index (κ3) is 2.05. The average Bonchev–Trinajstić information content (AvgIpc) is 1.72. The first-order valence-corrected chi connectivity index (χ1v) is 1.51. The Kier molecular flexibility index (Phi) is 3.14. The molecule has 1 aliphatic rings. The van der Waals surface area contributed by atoms with Gasteiger partial charge in [0.05, 0.1) is 6.21 Å². The molecule has 3 nitrogen and oxygen atoms in total. The number of hydrogen-bond acceptors (Lipinski definition) is 3. The van der Waals surface area contributed by atoms with Gasteiger partial charge in [0, 0.05) is 0 Å². The van der Waals surface area contributed by atoms with Gasteiger partial charge in [-0.1, -0.05) is 0 Å². The zero-order valence-corrected chi connectivity index (χ0v) is 4.22. The first kappa shape index (κ1) is 6.30. The van der Waals surface area contributed by atoms with Crippen molar-refractivity contribution in [3.8, 4) is 0 Å². The third-order valence-corrected chi connectivity index (χ3v) is 0.367. The fourth-order valence-corrected chi connectivity index (χ4v) is 0.177. The van der Waals surface area contributed by atoms with Gasteiger partial charge in [-0.2, -0.15) is 4.99 Å². The van der Waals surface area contributed by atoms with Crippen LogP contribution >= 0.6 is 12.4 Å². The van der Waals surface area contributed by atoms with Crippen LogP contribution in [-0.4, -0.2) is 6.21 Å². The van der Waals surface area contributed by atoms with E-state index in [9.17, 15) is 0 Å². The van der Waals surface area contributed by atoms with Crippen LogP contribution in [0.15, 0.2) is 17.5 Å². The quantitative estimate of drug-likeness (QED) is 0.445. The molecule has 0 aromatic carbocycles. The van der Waals surface area contributed by atoms with Crippen molar-refractivity contribution in [1.29, 1.82) is 0 Å². The predicted octanol–water partition coefficient (Wildman–Crippen LogP) is 0.869.